The molecule has 0 amide bonds. The lowest BCUT2D eigenvalue weighted by atomic mass is 10.4. The van der Waals surface area contributed by atoms with Crippen molar-refractivity contribution < 1.29 is 18.3 Å². The first kappa shape index (κ1) is 10.0. The fraction of sp³-hybridized carbons (Fsp3) is 0.143. The molecule has 1 heterocycles. The summed E-state index contributed by atoms with van der Waals surface area (Å²) in [6, 6.07) is 1.25. The van der Waals surface area contributed by atoms with Gasteiger partial charge in [0.05, 0.1) is 10.7 Å². The van der Waals surface area contributed by atoms with Crippen molar-refractivity contribution in [1.29, 1.82) is 0 Å². The lowest BCUT2D eigenvalue weighted by molar-refractivity contribution is -0.0501. The van der Waals surface area contributed by atoms with E-state index >= 15 is 0 Å². The zero-order valence-electron chi connectivity index (χ0n) is 6.21. The van der Waals surface area contributed by atoms with Crippen LogP contribution in [0.5, 0.6) is 5.75 Å². The van der Waals surface area contributed by atoms with Gasteiger partial charge < -0.3 is 4.74 Å². The van der Waals surface area contributed by atoms with Crippen molar-refractivity contribution in [3.8, 4) is 5.75 Å². The molecule has 0 spiro atoms. The normalized spacial score (nSPS) is 10.2. The summed E-state index contributed by atoms with van der Waals surface area (Å²) in [5.41, 5.74) is 0.140. The zero-order chi connectivity index (χ0) is 9.84. The van der Waals surface area contributed by atoms with Gasteiger partial charge in [0.2, 0.25) is 0 Å². The third-order valence-electron chi connectivity index (χ3n) is 1.18. The van der Waals surface area contributed by atoms with Crippen molar-refractivity contribution in [3.63, 3.8) is 0 Å². The van der Waals surface area contributed by atoms with Gasteiger partial charge >= 0.3 is 6.61 Å². The van der Waals surface area contributed by atoms with Gasteiger partial charge in [-0.15, -0.1) is 0 Å². The van der Waals surface area contributed by atoms with E-state index in [9.17, 15) is 13.6 Å². The summed E-state index contributed by atoms with van der Waals surface area (Å²) in [4.78, 5) is 13.9. The van der Waals surface area contributed by atoms with Crippen molar-refractivity contribution in [2.75, 3.05) is 0 Å². The Kier molecular flexibility index (Phi) is 3.30. The molecule has 0 unspecified atom stereocenters. The van der Waals surface area contributed by atoms with E-state index in [4.69, 9.17) is 0 Å². The minimum absolute atomic E-state index is 0.0903. The number of ether oxygens (including phenoxy) is 1. The maximum absolute atomic E-state index is 11.7. The second kappa shape index (κ2) is 4.27. The predicted molar refractivity (Wildman–Crippen MR) is 44.0 cm³/mol. The van der Waals surface area contributed by atoms with Crippen LogP contribution in [0.15, 0.2) is 16.7 Å². The number of carbonyl (C=O) groups is 1. The number of hydrogen-bond acceptors (Lipinski definition) is 3. The van der Waals surface area contributed by atoms with E-state index in [0.717, 1.165) is 6.20 Å². The van der Waals surface area contributed by atoms with E-state index in [-0.39, 0.29) is 11.4 Å². The number of rotatable bonds is 3. The smallest absolute Gasteiger partial charge is 0.387 e. The van der Waals surface area contributed by atoms with Crippen molar-refractivity contribution in [3.05, 3.63) is 22.4 Å². The van der Waals surface area contributed by atoms with E-state index < -0.39 is 6.61 Å². The van der Waals surface area contributed by atoms with Gasteiger partial charge in [-0.25, -0.2) is 4.98 Å². The molecule has 0 aliphatic carbocycles. The van der Waals surface area contributed by atoms with Crippen LogP contribution in [0.4, 0.5) is 8.78 Å². The van der Waals surface area contributed by atoms with Gasteiger partial charge in [0.25, 0.3) is 0 Å². The summed E-state index contributed by atoms with van der Waals surface area (Å²) in [5.74, 6) is -0.0903. The number of carbonyl (C=O) groups excluding carboxylic acids is 1. The SMILES string of the molecule is O=Cc1ncc(OC(F)F)cc1Br. The van der Waals surface area contributed by atoms with Crippen molar-refractivity contribution in [2.45, 2.75) is 6.61 Å². The van der Waals surface area contributed by atoms with Crippen LogP contribution in [0.2, 0.25) is 0 Å². The Bertz CT molecular complexity index is 319. The summed E-state index contributed by atoms with van der Waals surface area (Å²) in [5, 5.41) is 0. The third kappa shape index (κ3) is 2.73. The lowest BCUT2D eigenvalue weighted by Crippen LogP contribution is -2.02. The van der Waals surface area contributed by atoms with Crippen molar-refractivity contribution in [1.82, 2.24) is 4.98 Å². The molecule has 1 rings (SSSR count). The van der Waals surface area contributed by atoms with Gasteiger partial charge in [-0.1, -0.05) is 0 Å². The summed E-state index contributed by atoms with van der Waals surface area (Å²) >= 11 is 2.98. The number of hydrogen-bond donors (Lipinski definition) is 0. The van der Waals surface area contributed by atoms with Gasteiger partial charge in [-0.2, -0.15) is 8.78 Å². The molecular weight excluding hydrogens is 248 g/mol. The molecule has 0 aliphatic heterocycles. The Morgan fingerprint density at radius 1 is 1.62 bits per heavy atom. The van der Waals surface area contributed by atoms with Gasteiger partial charge in [-0.3, -0.25) is 4.79 Å². The number of pyridine rings is 1. The van der Waals surface area contributed by atoms with Gasteiger partial charge in [0.1, 0.15) is 11.4 Å². The molecule has 0 aromatic carbocycles. The molecule has 0 fully saturated rings. The molecule has 1 aromatic heterocycles. The van der Waals surface area contributed by atoms with E-state index in [2.05, 4.69) is 25.7 Å². The predicted octanol–water partition coefficient (Wildman–Crippen LogP) is 2.26. The first-order valence-electron chi connectivity index (χ1n) is 3.19. The standard InChI is InChI=1S/C7H4BrF2NO2/c8-5-1-4(13-7(9)10)2-11-6(5)3-12/h1-3,7H. The van der Waals surface area contributed by atoms with Crippen molar-refractivity contribution >= 4 is 22.2 Å². The van der Waals surface area contributed by atoms with Crippen LogP contribution in [0.1, 0.15) is 10.5 Å². The first-order chi connectivity index (χ1) is 6.13. The summed E-state index contributed by atoms with van der Waals surface area (Å²) in [6.07, 6.45) is 1.57. The van der Waals surface area contributed by atoms with Crippen LogP contribution in [0.25, 0.3) is 0 Å². The number of aromatic nitrogens is 1. The molecule has 0 atom stereocenters. The Morgan fingerprint density at radius 2 is 2.31 bits per heavy atom. The quantitative estimate of drug-likeness (QED) is 0.774. The highest BCUT2D eigenvalue weighted by molar-refractivity contribution is 9.10. The number of aldehydes is 1. The Hall–Kier alpha value is -1.04. The number of nitrogens with zero attached hydrogens (tertiary/aromatic N) is 1. The maximum atomic E-state index is 11.7. The molecule has 6 heteroatoms. The lowest BCUT2D eigenvalue weighted by Gasteiger charge is -2.04. The maximum Gasteiger partial charge on any atom is 0.387 e. The second-order valence-electron chi connectivity index (χ2n) is 2.03. The number of alkyl halides is 2. The van der Waals surface area contributed by atoms with Crippen LogP contribution in [-0.2, 0) is 0 Å². The third-order valence-corrected chi connectivity index (χ3v) is 1.82. The average Bonchev–Trinajstić information content (AvgIpc) is 2.03. The fourth-order valence-corrected chi connectivity index (χ4v) is 1.11. The van der Waals surface area contributed by atoms with Crippen molar-refractivity contribution in [2.24, 2.45) is 0 Å². The molecule has 0 saturated carbocycles. The topological polar surface area (TPSA) is 39.2 Å². The first-order valence-corrected chi connectivity index (χ1v) is 3.98. The van der Waals surface area contributed by atoms with Crippen LogP contribution in [-0.4, -0.2) is 17.9 Å². The van der Waals surface area contributed by atoms with E-state index in [1.165, 1.54) is 6.07 Å². The molecule has 70 valence electrons. The number of halogens is 3. The van der Waals surface area contributed by atoms with Gasteiger partial charge in [0, 0.05) is 0 Å². The van der Waals surface area contributed by atoms with Gasteiger partial charge in [0.15, 0.2) is 6.29 Å². The molecule has 1 aromatic rings. The Labute approximate surface area is 80.9 Å². The highest BCUT2D eigenvalue weighted by Gasteiger charge is 2.07. The van der Waals surface area contributed by atoms with Crippen LogP contribution >= 0.6 is 15.9 Å². The zero-order valence-corrected chi connectivity index (χ0v) is 7.79. The summed E-state index contributed by atoms with van der Waals surface area (Å²) in [7, 11) is 0. The monoisotopic (exact) mass is 251 g/mol. The highest BCUT2D eigenvalue weighted by Crippen LogP contribution is 2.20. The van der Waals surface area contributed by atoms with E-state index in [1.807, 2.05) is 0 Å². The van der Waals surface area contributed by atoms with Crippen LogP contribution in [0.3, 0.4) is 0 Å². The fourth-order valence-electron chi connectivity index (χ4n) is 0.685. The summed E-state index contributed by atoms with van der Waals surface area (Å²) < 4.78 is 27.8. The molecule has 3 nitrogen and oxygen atoms in total. The van der Waals surface area contributed by atoms with Gasteiger partial charge in [-0.05, 0) is 22.0 Å². The molecule has 13 heavy (non-hydrogen) atoms. The Balaban J connectivity index is 2.89. The molecular formula is C7H4BrF2NO2. The largest absolute Gasteiger partial charge is 0.433 e. The van der Waals surface area contributed by atoms with E-state index in [1.54, 1.807) is 0 Å². The molecule has 0 saturated heterocycles. The minimum atomic E-state index is -2.89. The van der Waals surface area contributed by atoms with E-state index in [0.29, 0.717) is 10.8 Å². The minimum Gasteiger partial charge on any atom is -0.433 e. The molecule has 0 bridgehead atoms. The second-order valence-corrected chi connectivity index (χ2v) is 2.89. The van der Waals surface area contributed by atoms with Crippen LogP contribution < -0.4 is 4.74 Å². The highest BCUT2D eigenvalue weighted by atomic mass is 79.9. The summed E-state index contributed by atoms with van der Waals surface area (Å²) in [6.45, 7) is -2.89. The van der Waals surface area contributed by atoms with Crippen LogP contribution in [0, 0.1) is 0 Å². The molecule has 0 aliphatic rings. The average molecular weight is 252 g/mol. The molecule has 0 N–H and O–H groups in total. The Morgan fingerprint density at radius 3 is 2.77 bits per heavy atom. The molecule has 0 radical (unpaired) electrons.